The van der Waals surface area contributed by atoms with Crippen molar-refractivity contribution in [1.82, 2.24) is 0 Å². The van der Waals surface area contributed by atoms with E-state index < -0.39 is 0 Å². The normalized spacial score (nSPS) is 23.2. The second kappa shape index (κ2) is 9.70. The van der Waals surface area contributed by atoms with E-state index in [-0.39, 0.29) is 5.17 Å². The smallest absolute Gasteiger partial charge is 0.151 e. The van der Waals surface area contributed by atoms with E-state index in [1.54, 1.807) is 11.8 Å². The molecular weight excluding hydrogens is 274 g/mol. The van der Waals surface area contributed by atoms with Crippen molar-refractivity contribution in [2.45, 2.75) is 51.9 Å². The van der Waals surface area contributed by atoms with E-state index in [1.165, 1.54) is 56.7 Å². The SMILES string of the molecule is CC(=N)SCCC[C@H]1CC[C@@H](CCSC(=N)N)CC1. The van der Waals surface area contributed by atoms with Gasteiger partial charge in [0.05, 0.1) is 5.04 Å². The Bertz CT molecular complexity index is 286. The summed E-state index contributed by atoms with van der Waals surface area (Å²) in [4.78, 5) is 0. The molecule has 4 N–H and O–H groups in total. The maximum Gasteiger partial charge on any atom is 0.151 e. The topological polar surface area (TPSA) is 73.7 Å². The zero-order chi connectivity index (χ0) is 14.1. The summed E-state index contributed by atoms with van der Waals surface area (Å²) < 4.78 is 0. The van der Waals surface area contributed by atoms with Crippen LogP contribution in [0.25, 0.3) is 0 Å². The summed E-state index contributed by atoms with van der Waals surface area (Å²) in [6.07, 6.45) is 9.30. The van der Waals surface area contributed by atoms with E-state index in [4.69, 9.17) is 16.6 Å². The van der Waals surface area contributed by atoms with E-state index in [2.05, 4.69) is 0 Å². The van der Waals surface area contributed by atoms with Crippen LogP contribution in [0.1, 0.15) is 51.9 Å². The number of nitrogens with two attached hydrogens (primary N) is 1. The highest BCUT2D eigenvalue weighted by molar-refractivity contribution is 8.13. The molecule has 0 amide bonds. The van der Waals surface area contributed by atoms with Gasteiger partial charge in [-0.25, -0.2) is 0 Å². The van der Waals surface area contributed by atoms with Crippen LogP contribution in [0.15, 0.2) is 0 Å². The van der Waals surface area contributed by atoms with Crippen molar-refractivity contribution in [3.8, 4) is 0 Å². The third-order valence-electron chi connectivity index (χ3n) is 3.83. The number of hydrogen-bond donors (Lipinski definition) is 3. The zero-order valence-electron chi connectivity index (χ0n) is 11.9. The number of amidine groups is 1. The van der Waals surface area contributed by atoms with Crippen LogP contribution in [0.3, 0.4) is 0 Å². The fourth-order valence-corrected chi connectivity index (χ4v) is 4.03. The first-order chi connectivity index (χ1) is 9.08. The van der Waals surface area contributed by atoms with Crippen LogP contribution >= 0.6 is 23.5 Å². The molecule has 110 valence electrons. The Hall–Kier alpha value is -0.160. The number of hydrogen-bond acceptors (Lipinski definition) is 4. The Morgan fingerprint density at radius 1 is 1.00 bits per heavy atom. The van der Waals surface area contributed by atoms with Gasteiger partial charge in [0.2, 0.25) is 0 Å². The molecule has 0 heterocycles. The Morgan fingerprint density at radius 3 is 2.11 bits per heavy atom. The third-order valence-corrected chi connectivity index (χ3v) is 5.50. The lowest BCUT2D eigenvalue weighted by molar-refractivity contribution is 0.259. The molecule has 1 aliphatic rings. The van der Waals surface area contributed by atoms with E-state index in [0.29, 0.717) is 0 Å². The lowest BCUT2D eigenvalue weighted by atomic mass is 9.79. The van der Waals surface area contributed by atoms with Crippen LogP contribution in [0.4, 0.5) is 0 Å². The van der Waals surface area contributed by atoms with E-state index in [1.807, 2.05) is 6.92 Å². The number of thioether (sulfide) groups is 2. The van der Waals surface area contributed by atoms with Gasteiger partial charge in [-0.05, 0) is 43.8 Å². The standard InChI is InChI=1S/C14H27N3S2/c1-11(15)18-9-2-3-12-4-6-13(7-5-12)8-10-19-14(16)17/h12-13,15H,2-10H2,1H3,(H3,16,17)/t12-,13+. The van der Waals surface area contributed by atoms with Crippen LogP contribution in [-0.4, -0.2) is 21.7 Å². The molecule has 1 fully saturated rings. The molecule has 0 unspecified atom stereocenters. The summed E-state index contributed by atoms with van der Waals surface area (Å²) in [7, 11) is 0. The van der Waals surface area contributed by atoms with Crippen molar-refractivity contribution in [2.24, 2.45) is 17.6 Å². The summed E-state index contributed by atoms with van der Waals surface area (Å²) in [5.41, 5.74) is 5.35. The van der Waals surface area contributed by atoms with Crippen molar-refractivity contribution >= 4 is 33.7 Å². The molecule has 19 heavy (non-hydrogen) atoms. The average Bonchev–Trinajstić information content (AvgIpc) is 2.36. The molecule has 0 aromatic heterocycles. The van der Waals surface area contributed by atoms with E-state index in [9.17, 15) is 0 Å². The summed E-state index contributed by atoms with van der Waals surface area (Å²) in [6.45, 7) is 1.87. The lowest BCUT2D eigenvalue weighted by Gasteiger charge is -2.28. The Labute approximate surface area is 125 Å². The average molecular weight is 302 g/mol. The largest absolute Gasteiger partial charge is 0.379 e. The van der Waals surface area contributed by atoms with E-state index >= 15 is 0 Å². The third kappa shape index (κ3) is 8.58. The van der Waals surface area contributed by atoms with Gasteiger partial charge in [-0.3, -0.25) is 10.8 Å². The fraction of sp³-hybridized carbons (Fsp3) is 0.857. The van der Waals surface area contributed by atoms with Crippen molar-refractivity contribution in [3.05, 3.63) is 0 Å². The molecule has 0 bridgehead atoms. The molecule has 0 atom stereocenters. The van der Waals surface area contributed by atoms with Crippen LogP contribution in [0.5, 0.6) is 0 Å². The molecule has 1 rings (SSSR count). The molecule has 0 aromatic rings. The van der Waals surface area contributed by atoms with Crippen LogP contribution in [-0.2, 0) is 0 Å². The van der Waals surface area contributed by atoms with Gasteiger partial charge in [0.1, 0.15) is 0 Å². The van der Waals surface area contributed by atoms with Gasteiger partial charge in [-0.1, -0.05) is 37.4 Å². The van der Waals surface area contributed by atoms with Crippen molar-refractivity contribution in [1.29, 1.82) is 10.8 Å². The fourth-order valence-electron chi connectivity index (χ4n) is 2.74. The molecule has 0 aliphatic heterocycles. The zero-order valence-corrected chi connectivity index (χ0v) is 13.5. The second-order valence-electron chi connectivity index (χ2n) is 5.44. The van der Waals surface area contributed by atoms with Crippen LogP contribution < -0.4 is 5.73 Å². The quantitative estimate of drug-likeness (QED) is 0.372. The van der Waals surface area contributed by atoms with Gasteiger partial charge < -0.3 is 5.73 Å². The van der Waals surface area contributed by atoms with Gasteiger partial charge >= 0.3 is 0 Å². The number of rotatable bonds is 7. The molecule has 0 spiro atoms. The summed E-state index contributed by atoms with van der Waals surface area (Å²) in [6, 6.07) is 0. The predicted octanol–water partition coefficient (Wildman–Crippen LogP) is 4.32. The summed E-state index contributed by atoms with van der Waals surface area (Å²) >= 11 is 3.17. The minimum absolute atomic E-state index is 0.257. The van der Waals surface area contributed by atoms with Crippen molar-refractivity contribution < 1.29 is 0 Å². The van der Waals surface area contributed by atoms with Gasteiger partial charge in [0.15, 0.2) is 5.17 Å². The second-order valence-corrected chi connectivity index (χ2v) is 7.88. The number of nitrogens with one attached hydrogen (secondary N) is 2. The summed E-state index contributed by atoms with van der Waals surface area (Å²) in [5, 5.41) is 15.6. The molecule has 0 radical (unpaired) electrons. The van der Waals surface area contributed by atoms with Gasteiger partial charge in [-0.15, -0.1) is 11.8 Å². The van der Waals surface area contributed by atoms with Gasteiger partial charge in [0, 0.05) is 5.75 Å². The molecule has 1 saturated carbocycles. The van der Waals surface area contributed by atoms with Crippen LogP contribution in [0, 0.1) is 22.7 Å². The van der Waals surface area contributed by atoms with Crippen molar-refractivity contribution in [3.63, 3.8) is 0 Å². The molecule has 0 aromatic carbocycles. The Kier molecular flexibility index (Phi) is 8.62. The van der Waals surface area contributed by atoms with Crippen molar-refractivity contribution in [2.75, 3.05) is 11.5 Å². The van der Waals surface area contributed by atoms with E-state index in [0.717, 1.165) is 28.4 Å². The minimum atomic E-state index is 0.257. The molecule has 3 nitrogen and oxygen atoms in total. The molecular formula is C14H27N3S2. The Morgan fingerprint density at radius 2 is 1.58 bits per heavy atom. The first-order valence-electron chi connectivity index (χ1n) is 7.22. The first-order valence-corrected chi connectivity index (χ1v) is 9.19. The first kappa shape index (κ1) is 16.9. The van der Waals surface area contributed by atoms with Crippen LogP contribution in [0.2, 0.25) is 0 Å². The maximum atomic E-state index is 7.38. The minimum Gasteiger partial charge on any atom is -0.379 e. The monoisotopic (exact) mass is 301 g/mol. The highest BCUT2D eigenvalue weighted by Gasteiger charge is 2.20. The maximum absolute atomic E-state index is 7.38. The highest BCUT2D eigenvalue weighted by Crippen LogP contribution is 2.34. The summed E-state index contributed by atoms with van der Waals surface area (Å²) in [5.74, 6) is 3.91. The molecule has 5 heteroatoms. The van der Waals surface area contributed by atoms with Gasteiger partial charge in [0.25, 0.3) is 0 Å². The lowest BCUT2D eigenvalue weighted by Crippen LogP contribution is -2.16. The molecule has 0 saturated heterocycles. The Balaban J connectivity index is 2.02. The van der Waals surface area contributed by atoms with Gasteiger partial charge in [-0.2, -0.15) is 0 Å². The highest BCUT2D eigenvalue weighted by atomic mass is 32.2. The predicted molar refractivity (Wildman–Crippen MR) is 89.5 cm³/mol. The molecule has 1 aliphatic carbocycles.